The lowest BCUT2D eigenvalue weighted by Gasteiger charge is -2.40. The van der Waals surface area contributed by atoms with Crippen LogP contribution in [0.2, 0.25) is 0 Å². The van der Waals surface area contributed by atoms with Crippen molar-refractivity contribution in [3.63, 3.8) is 0 Å². The molecule has 0 aromatic carbocycles. The van der Waals surface area contributed by atoms with E-state index in [0.717, 1.165) is 56.5 Å². The Labute approximate surface area is 144 Å². The number of nitrogens with zero attached hydrogens (tertiary/aromatic N) is 3. The highest BCUT2D eigenvalue weighted by atomic mass is 16.5. The van der Waals surface area contributed by atoms with Gasteiger partial charge in [0.1, 0.15) is 5.76 Å². The summed E-state index contributed by atoms with van der Waals surface area (Å²) in [4.78, 5) is 17.6. The quantitative estimate of drug-likeness (QED) is 0.836. The highest BCUT2D eigenvalue weighted by Crippen LogP contribution is 2.29. The van der Waals surface area contributed by atoms with E-state index in [9.17, 15) is 4.79 Å². The molecule has 2 saturated heterocycles. The van der Waals surface area contributed by atoms with E-state index >= 15 is 0 Å². The summed E-state index contributed by atoms with van der Waals surface area (Å²) in [6, 6.07) is 0.667. The molecule has 5 heteroatoms. The van der Waals surface area contributed by atoms with Gasteiger partial charge in [-0.3, -0.25) is 4.79 Å². The lowest BCUT2D eigenvalue weighted by Crippen LogP contribution is -2.48. The van der Waals surface area contributed by atoms with Crippen LogP contribution in [0.3, 0.4) is 0 Å². The molecule has 1 aliphatic carbocycles. The highest BCUT2D eigenvalue weighted by Gasteiger charge is 2.32. The summed E-state index contributed by atoms with van der Waals surface area (Å²) in [6.45, 7) is 6.45. The monoisotopic (exact) mass is 331 g/mol. The first-order valence-electron chi connectivity index (χ1n) is 9.73. The van der Waals surface area contributed by atoms with Crippen molar-refractivity contribution in [1.82, 2.24) is 15.0 Å². The van der Waals surface area contributed by atoms with Crippen LogP contribution in [0, 0.1) is 5.92 Å². The fraction of sp³-hybridized carbons (Fsp3) is 0.789. The Balaban J connectivity index is 1.39. The summed E-state index contributed by atoms with van der Waals surface area (Å²) in [5, 5.41) is 4.14. The molecule has 1 atom stereocenters. The van der Waals surface area contributed by atoms with Crippen LogP contribution in [0.5, 0.6) is 0 Å². The molecule has 24 heavy (non-hydrogen) atoms. The Morgan fingerprint density at radius 2 is 1.83 bits per heavy atom. The fourth-order valence-corrected chi connectivity index (χ4v) is 4.61. The zero-order valence-corrected chi connectivity index (χ0v) is 14.8. The summed E-state index contributed by atoms with van der Waals surface area (Å²) in [7, 11) is 0. The molecule has 1 amide bonds. The minimum atomic E-state index is 0.0891. The van der Waals surface area contributed by atoms with Gasteiger partial charge in [-0.1, -0.05) is 18.5 Å². The molecule has 0 saturated carbocycles. The lowest BCUT2D eigenvalue weighted by molar-refractivity contribution is 0.0580. The second-order valence-corrected chi connectivity index (χ2v) is 7.90. The highest BCUT2D eigenvalue weighted by molar-refractivity contribution is 5.94. The number of hydrogen-bond acceptors (Lipinski definition) is 4. The Hall–Kier alpha value is -1.36. The van der Waals surface area contributed by atoms with Crippen LogP contribution in [0.25, 0.3) is 0 Å². The van der Waals surface area contributed by atoms with Crippen LogP contribution in [-0.4, -0.2) is 53.1 Å². The Bertz CT molecular complexity index is 583. The van der Waals surface area contributed by atoms with Crippen LogP contribution < -0.4 is 0 Å². The topological polar surface area (TPSA) is 49.6 Å². The van der Waals surface area contributed by atoms with E-state index < -0.39 is 0 Å². The van der Waals surface area contributed by atoms with Gasteiger partial charge in [0, 0.05) is 31.1 Å². The molecule has 0 bridgehead atoms. The largest absolute Gasteiger partial charge is 0.360 e. The van der Waals surface area contributed by atoms with Crippen molar-refractivity contribution in [2.75, 3.05) is 26.2 Å². The maximum Gasteiger partial charge on any atom is 0.276 e. The number of piperidine rings is 2. The summed E-state index contributed by atoms with van der Waals surface area (Å²) in [5.74, 6) is 1.65. The first-order chi connectivity index (χ1) is 11.7. The minimum Gasteiger partial charge on any atom is -0.360 e. The number of fused-ring (bicyclic) bond motifs is 1. The second kappa shape index (κ2) is 6.87. The molecule has 1 unspecified atom stereocenters. The third-order valence-corrected chi connectivity index (χ3v) is 6.15. The molecule has 4 rings (SSSR count). The summed E-state index contributed by atoms with van der Waals surface area (Å²) >= 11 is 0. The van der Waals surface area contributed by atoms with Crippen molar-refractivity contribution >= 4 is 5.91 Å². The van der Waals surface area contributed by atoms with Crippen LogP contribution >= 0.6 is 0 Å². The van der Waals surface area contributed by atoms with Gasteiger partial charge in [-0.2, -0.15) is 0 Å². The molecule has 2 fully saturated rings. The average Bonchev–Trinajstić information content (AvgIpc) is 3.05. The van der Waals surface area contributed by atoms with Gasteiger partial charge in [0.05, 0.1) is 0 Å². The average molecular weight is 331 g/mol. The third kappa shape index (κ3) is 3.10. The third-order valence-electron chi connectivity index (χ3n) is 6.15. The number of likely N-dealkylation sites (tertiary alicyclic amines) is 2. The maximum atomic E-state index is 12.9. The van der Waals surface area contributed by atoms with E-state index in [1.54, 1.807) is 0 Å². The standard InChI is InChI=1S/C19H29N3O2/c1-14-5-6-17-16(13-14)18(20-24-17)19(23)22-11-7-15(8-12-22)21-9-3-2-4-10-21/h14-15H,2-13H2,1H3. The molecule has 3 aliphatic rings. The van der Waals surface area contributed by atoms with Crippen LogP contribution in [0.1, 0.15) is 67.3 Å². The molecule has 1 aromatic heterocycles. The zero-order chi connectivity index (χ0) is 16.5. The van der Waals surface area contributed by atoms with E-state index in [-0.39, 0.29) is 5.91 Å². The van der Waals surface area contributed by atoms with E-state index in [1.807, 2.05) is 4.90 Å². The number of carbonyl (C=O) groups is 1. The van der Waals surface area contributed by atoms with Gasteiger partial charge in [-0.15, -0.1) is 0 Å². The number of aromatic nitrogens is 1. The van der Waals surface area contributed by atoms with Crippen molar-refractivity contribution in [2.24, 2.45) is 5.92 Å². The molecule has 1 aromatic rings. The first kappa shape index (κ1) is 16.1. The maximum absolute atomic E-state index is 12.9. The van der Waals surface area contributed by atoms with Gasteiger partial charge >= 0.3 is 0 Å². The molecule has 5 nitrogen and oxygen atoms in total. The van der Waals surface area contributed by atoms with Gasteiger partial charge in [0.15, 0.2) is 5.69 Å². The van der Waals surface area contributed by atoms with Crippen molar-refractivity contribution in [3.8, 4) is 0 Å². The number of rotatable bonds is 2. The van der Waals surface area contributed by atoms with E-state index in [1.165, 1.54) is 32.4 Å². The van der Waals surface area contributed by atoms with Crippen LogP contribution in [0.4, 0.5) is 0 Å². The molecular formula is C19H29N3O2. The van der Waals surface area contributed by atoms with E-state index in [0.29, 0.717) is 17.7 Å². The minimum absolute atomic E-state index is 0.0891. The van der Waals surface area contributed by atoms with Crippen molar-refractivity contribution in [2.45, 2.75) is 64.3 Å². The molecule has 0 radical (unpaired) electrons. The number of hydrogen-bond donors (Lipinski definition) is 0. The second-order valence-electron chi connectivity index (χ2n) is 7.90. The van der Waals surface area contributed by atoms with Gasteiger partial charge in [0.2, 0.25) is 0 Å². The molecule has 0 N–H and O–H groups in total. The Morgan fingerprint density at radius 3 is 2.58 bits per heavy atom. The summed E-state index contributed by atoms with van der Waals surface area (Å²) in [6.07, 6.45) is 9.24. The molecule has 132 valence electrons. The SMILES string of the molecule is CC1CCc2onc(C(=O)N3CCC(N4CCCCC4)CC3)c2C1. The lowest BCUT2D eigenvalue weighted by atomic mass is 9.88. The van der Waals surface area contributed by atoms with Crippen LogP contribution in [-0.2, 0) is 12.8 Å². The van der Waals surface area contributed by atoms with Gasteiger partial charge < -0.3 is 14.3 Å². The van der Waals surface area contributed by atoms with E-state index in [2.05, 4.69) is 17.0 Å². The van der Waals surface area contributed by atoms with Crippen LogP contribution in [0.15, 0.2) is 4.52 Å². The summed E-state index contributed by atoms with van der Waals surface area (Å²) in [5.41, 5.74) is 1.67. The normalized spacial score (nSPS) is 26.4. The molecule has 2 aliphatic heterocycles. The zero-order valence-electron chi connectivity index (χ0n) is 14.8. The Kier molecular flexibility index (Phi) is 4.61. The fourth-order valence-electron chi connectivity index (χ4n) is 4.61. The smallest absolute Gasteiger partial charge is 0.276 e. The van der Waals surface area contributed by atoms with Crippen molar-refractivity contribution in [1.29, 1.82) is 0 Å². The summed E-state index contributed by atoms with van der Waals surface area (Å²) < 4.78 is 5.46. The number of aryl methyl sites for hydroxylation is 1. The van der Waals surface area contributed by atoms with Gasteiger partial charge in [-0.05, 0) is 57.5 Å². The van der Waals surface area contributed by atoms with Gasteiger partial charge in [0.25, 0.3) is 5.91 Å². The molecule has 0 spiro atoms. The van der Waals surface area contributed by atoms with E-state index in [4.69, 9.17) is 4.52 Å². The van der Waals surface area contributed by atoms with Crippen molar-refractivity contribution < 1.29 is 9.32 Å². The Morgan fingerprint density at radius 1 is 1.08 bits per heavy atom. The van der Waals surface area contributed by atoms with Gasteiger partial charge in [-0.25, -0.2) is 0 Å². The predicted molar refractivity (Wildman–Crippen MR) is 92.0 cm³/mol. The number of carbonyl (C=O) groups excluding carboxylic acids is 1. The van der Waals surface area contributed by atoms with Crippen molar-refractivity contribution in [3.05, 3.63) is 17.0 Å². The molecule has 3 heterocycles. The first-order valence-corrected chi connectivity index (χ1v) is 9.73. The molecular weight excluding hydrogens is 302 g/mol. The predicted octanol–water partition coefficient (Wildman–Crippen LogP) is 2.89. The number of amides is 1.